The molecule has 0 saturated heterocycles. The average molecular weight is 295 g/mol. The Morgan fingerprint density at radius 3 is 2.43 bits per heavy atom. The van der Waals surface area contributed by atoms with Gasteiger partial charge in [-0.15, -0.1) is 0 Å². The Labute approximate surface area is 125 Å². The highest BCUT2D eigenvalue weighted by Crippen LogP contribution is 2.20. The summed E-state index contributed by atoms with van der Waals surface area (Å²) in [6.07, 6.45) is 4.17. The fourth-order valence-electron chi connectivity index (χ4n) is 2.49. The molecule has 0 radical (unpaired) electrons. The van der Waals surface area contributed by atoms with Crippen LogP contribution in [0, 0.1) is 6.92 Å². The van der Waals surface area contributed by atoms with Crippen molar-refractivity contribution in [1.29, 1.82) is 0 Å². The van der Waals surface area contributed by atoms with E-state index in [0.29, 0.717) is 12.1 Å². The molecule has 6 heteroatoms. The molecule has 0 atom stereocenters. The fourth-order valence-corrected chi connectivity index (χ4v) is 2.49. The lowest BCUT2D eigenvalue weighted by atomic mass is 10.1. The molecule has 0 spiro atoms. The zero-order chi connectivity index (χ0) is 16.0. The van der Waals surface area contributed by atoms with E-state index in [1.807, 2.05) is 18.5 Å². The van der Waals surface area contributed by atoms with Crippen LogP contribution < -0.4 is 0 Å². The molecule has 1 aromatic rings. The molecule has 0 aliphatic heterocycles. The highest BCUT2D eigenvalue weighted by atomic mass is 16.4. The van der Waals surface area contributed by atoms with E-state index in [2.05, 4.69) is 18.9 Å². The van der Waals surface area contributed by atoms with Crippen molar-refractivity contribution in [2.24, 2.45) is 0 Å². The van der Waals surface area contributed by atoms with E-state index in [0.717, 1.165) is 25.0 Å². The Morgan fingerprint density at radius 2 is 1.95 bits per heavy atom. The van der Waals surface area contributed by atoms with Crippen molar-refractivity contribution in [3.05, 3.63) is 17.5 Å². The Bertz CT molecular complexity index is 492. The Kier molecular flexibility index (Phi) is 6.39. The molecule has 118 valence electrons. The number of carbonyl (C=O) groups excluding carboxylic acids is 1. The topological polar surface area (TPSA) is 75.4 Å². The van der Waals surface area contributed by atoms with Gasteiger partial charge in [0.05, 0.1) is 17.8 Å². The van der Waals surface area contributed by atoms with Gasteiger partial charge < -0.3 is 10.0 Å². The van der Waals surface area contributed by atoms with Gasteiger partial charge in [-0.3, -0.25) is 14.3 Å². The van der Waals surface area contributed by atoms with E-state index in [9.17, 15) is 9.59 Å². The molecule has 6 nitrogen and oxygen atoms in total. The molecule has 0 saturated carbocycles. The molecule has 0 aromatic carbocycles. The minimum absolute atomic E-state index is 0.256. The summed E-state index contributed by atoms with van der Waals surface area (Å²) < 4.78 is 1.87. The summed E-state index contributed by atoms with van der Waals surface area (Å²) in [4.78, 5) is 24.8. The van der Waals surface area contributed by atoms with Gasteiger partial charge in [0.15, 0.2) is 0 Å². The summed E-state index contributed by atoms with van der Waals surface area (Å²) >= 11 is 0. The Balaban J connectivity index is 3.03. The fraction of sp³-hybridized carbons (Fsp3) is 0.667. The first-order valence-electron chi connectivity index (χ1n) is 7.51. The van der Waals surface area contributed by atoms with Crippen LogP contribution in [0.5, 0.6) is 0 Å². The molecule has 0 bridgehead atoms. The van der Waals surface area contributed by atoms with Crippen molar-refractivity contribution in [3.63, 3.8) is 0 Å². The van der Waals surface area contributed by atoms with Crippen LogP contribution in [0.4, 0.5) is 0 Å². The third kappa shape index (κ3) is 4.06. The lowest BCUT2D eigenvalue weighted by Crippen LogP contribution is -2.36. The van der Waals surface area contributed by atoms with Crippen molar-refractivity contribution >= 4 is 11.9 Å². The van der Waals surface area contributed by atoms with E-state index in [4.69, 9.17) is 5.11 Å². The van der Waals surface area contributed by atoms with Gasteiger partial charge in [0.2, 0.25) is 0 Å². The highest BCUT2D eigenvalue weighted by molar-refractivity contribution is 5.96. The first kappa shape index (κ1) is 17.2. The molecule has 1 aromatic heterocycles. The van der Waals surface area contributed by atoms with Crippen LogP contribution in [0.15, 0.2) is 6.20 Å². The van der Waals surface area contributed by atoms with Crippen LogP contribution in [0.2, 0.25) is 0 Å². The predicted octanol–water partition coefficient (Wildman–Crippen LogP) is 2.49. The second-order valence-electron chi connectivity index (χ2n) is 5.18. The van der Waals surface area contributed by atoms with E-state index >= 15 is 0 Å². The SMILES string of the molecule is CCCN(CC(=O)O)C(=O)c1cnn(C(CC)CC)c1C. The number of hydrogen-bond acceptors (Lipinski definition) is 3. The lowest BCUT2D eigenvalue weighted by Gasteiger charge is -2.20. The monoisotopic (exact) mass is 295 g/mol. The summed E-state index contributed by atoms with van der Waals surface area (Å²) in [5.41, 5.74) is 1.30. The molecule has 0 fully saturated rings. The first-order chi connectivity index (χ1) is 9.96. The molecule has 1 rings (SSSR count). The van der Waals surface area contributed by atoms with Gasteiger partial charge in [-0.25, -0.2) is 0 Å². The quantitative estimate of drug-likeness (QED) is 0.799. The zero-order valence-corrected chi connectivity index (χ0v) is 13.3. The van der Waals surface area contributed by atoms with E-state index in [-0.39, 0.29) is 18.5 Å². The van der Waals surface area contributed by atoms with E-state index < -0.39 is 5.97 Å². The van der Waals surface area contributed by atoms with E-state index in [1.54, 1.807) is 6.20 Å². The number of carboxylic acids is 1. The van der Waals surface area contributed by atoms with Gasteiger partial charge in [0.1, 0.15) is 6.54 Å². The maximum atomic E-state index is 12.5. The van der Waals surface area contributed by atoms with Crippen LogP contribution in [0.1, 0.15) is 62.1 Å². The van der Waals surface area contributed by atoms with Gasteiger partial charge in [0.25, 0.3) is 5.91 Å². The molecule has 21 heavy (non-hydrogen) atoms. The molecule has 0 aliphatic rings. The van der Waals surface area contributed by atoms with Gasteiger partial charge in [-0.2, -0.15) is 5.10 Å². The van der Waals surface area contributed by atoms with Crippen LogP contribution in [0.25, 0.3) is 0 Å². The maximum Gasteiger partial charge on any atom is 0.323 e. The molecular formula is C15H25N3O3. The molecule has 0 aliphatic carbocycles. The second kappa shape index (κ2) is 7.81. The largest absolute Gasteiger partial charge is 0.480 e. The number of carboxylic acid groups (broad SMARTS) is 1. The molecule has 1 N–H and O–H groups in total. The van der Waals surface area contributed by atoms with Gasteiger partial charge in [0, 0.05) is 12.2 Å². The molecular weight excluding hydrogens is 270 g/mol. The first-order valence-corrected chi connectivity index (χ1v) is 7.51. The number of amides is 1. The van der Waals surface area contributed by atoms with Crippen molar-refractivity contribution in [2.45, 2.75) is 53.0 Å². The van der Waals surface area contributed by atoms with Crippen LogP contribution >= 0.6 is 0 Å². The minimum Gasteiger partial charge on any atom is -0.480 e. The van der Waals surface area contributed by atoms with Crippen molar-refractivity contribution in [1.82, 2.24) is 14.7 Å². The van der Waals surface area contributed by atoms with Crippen molar-refractivity contribution in [2.75, 3.05) is 13.1 Å². The van der Waals surface area contributed by atoms with Crippen LogP contribution in [-0.2, 0) is 4.79 Å². The number of carbonyl (C=O) groups is 2. The highest BCUT2D eigenvalue weighted by Gasteiger charge is 2.23. The van der Waals surface area contributed by atoms with Crippen LogP contribution in [-0.4, -0.2) is 44.8 Å². The van der Waals surface area contributed by atoms with E-state index in [1.165, 1.54) is 4.90 Å². The smallest absolute Gasteiger partial charge is 0.323 e. The number of nitrogens with zero attached hydrogens (tertiary/aromatic N) is 3. The van der Waals surface area contributed by atoms with Gasteiger partial charge in [-0.05, 0) is 26.2 Å². The average Bonchev–Trinajstić information content (AvgIpc) is 2.81. The van der Waals surface area contributed by atoms with Crippen molar-refractivity contribution in [3.8, 4) is 0 Å². The third-order valence-electron chi connectivity index (χ3n) is 3.67. The lowest BCUT2D eigenvalue weighted by molar-refractivity contribution is -0.137. The zero-order valence-electron chi connectivity index (χ0n) is 13.3. The summed E-state index contributed by atoms with van der Waals surface area (Å²) in [5.74, 6) is -1.25. The van der Waals surface area contributed by atoms with Crippen LogP contribution in [0.3, 0.4) is 0 Å². The normalized spacial score (nSPS) is 10.9. The summed E-state index contributed by atoms with van der Waals surface area (Å²) in [5, 5.41) is 13.3. The molecule has 1 amide bonds. The number of aromatic nitrogens is 2. The summed E-state index contributed by atoms with van der Waals surface area (Å²) in [6.45, 7) is 8.12. The summed E-state index contributed by atoms with van der Waals surface area (Å²) in [6, 6.07) is 0.269. The Hall–Kier alpha value is -1.85. The Morgan fingerprint density at radius 1 is 1.33 bits per heavy atom. The number of aliphatic carboxylic acids is 1. The van der Waals surface area contributed by atoms with Gasteiger partial charge in [-0.1, -0.05) is 20.8 Å². The summed E-state index contributed by atoms with van der Waals surface area (Å²) in [7, 11) is 0. The van der Waals surface area contributed by atoms with Gasteiger partial charge >= 0.3 is 5.97 Å². The third-order valence-corrected chi connectivity index (χ3v) is 3.67. The molecule has 1 heterocycles. The number of rotatable bonds is 8. The standard InChI is InChI=1S/C15H25N3O3/c1-5-8-17(10-14(19)20)15(21)13-9-16-18(11(13)4)12(6-2)7-3/h9,12H,5-8,10H2,1-4H3,(H,19,20). The second-order valence-corrected chi connectivity index (χ2v) is 5.18. The van der Waals surface area contributed by atoms with Crippen molar-refractivity contribution < 1.29 is 14.7 Å². The number of hydrogen-bond donors (Lipinski definition) is 1. The minimum atomic E-state index is -0.998. The predicted molar refractivity (Wildman–Crippen MR) is 80.4 cm³/mol. The molecule has 0 unspecified atom stereocenters. The maximum absolute atomic E-state index is 12.5.